The smallest absolute Gasteiger partial charge is 0.0406 e. The minimum atomic E-state index is 0.760. The van der Waals surface area contributed by atoms with E-state index >= 15 is 0 Å². The maximum atomic E-state index is 5.82. The lowest BCUT2D eigenvalue weighted by Gasteiger charge is -2.02. The maximum Gasteiger partial charge on any atom is 0.0406 e. The molecule has 0 aromatic heterocycles. The molecule has 0 atom stereocenters. The highest BCUT2D eigenvalue weighted by Crippen LogP contribution is 2.23. The van der Waals surface area contributed by atoms with Crippen LogP contribution >= 0.6 is 24.2 Å². The molecule has 0 bridgehead atoms. The summed E-state index contributed by atoms with van der Waals surface area (Å²) >= 11 is 10.1. The topological polar surface area (TPSA) is 0 Å². The van der Waals surface area contributed by atoms with Crippen LogP contribution in [0.3, 0.4) is 0 Å². The van der Waals surface area contributed by atoms with E-state index in [1.807, 2.05) is 42.5 Å². The Balaban J connectivity index is 2.44. The van der Waals surface area contributed by atoms with Gasteiger partial charge in [0.05, 0.1) is 0 Å². The molecule has 2 aromatic rings. The number of benzene rings is 2. The van der Waals surface area contributed by atoms with E-state index in [1.165, 1.54) is 0 Å². The summed E-state index contributed by atoms with van der Waals surface area (Å²) in [7, 11) is 0. The van der Waals surface area contributed by atoms with Crippen molar-refractivity contribution in [1.82, 2.24) is 0 Å². The first kappa shape index (κ1) is 9.63. The number of thiol groups is 1. The number of hydrogen-bond acceptors (Lipinski definition) is 1. The zero-order chi connectivity index (χ0) is 9.97. The van der Waals surface area contributed by atoms with E-state index < -0.39 is 0 Å². The highest BCUT2D eigenvalue weighted by molar-refractivity contribution is 7.80. The van der Waals surface area contributed by atoms with E-state index in [0.29, 0.717) is 0 Å². The SMILES string of the molecule is Sc1cccc(-c2ccc(Cl)cc2)c1. The van der Waals surface area contributed by atoms with Crippen LogP contribution in [0.15, 0.2) is 53.4 Å². The third-order valence-corrected chi connectivity index (χ3v) is 2.55. The lowest BCUT2D eigenvalue weighted by molar-refractivity contribution is 1.47. The van der Waals surface area contributed by atoms with Gasteiger partial charge in [-0.3, -0.25) is 0 Å². The molecule has 0 aliphatic carbocycles. The lowest BCUT2D eigenvalue weighted by Crippen LogP contribution is -1.76. The molecule has 0 aliphatic heterocycles. The van der Waals surface area contributed by atoms with Crippen molar-refractivity contribution >= 4 is 24.2 Å². The quantitative estimate of drug-likeness (QED) is 0.681. The Kier molecular flexibility index (Phi) is 2.80. The van der Waals surface area contributed by atoms with Crippen molar-refractivity contribution in [3.8, 4) is 11.1 Å². The largest absolute Gasteiger partial charge is 0.143 e. The Morgan fingerprint density at radius 1 is 0.857 bits per heavy atom. The fourth-order valence-electron chi connectivity index (χ4n) is 1.33. The number of hydrogen-bond donors (Lipinski definition) is 1. The summed E-state index contributed by atoms with van der Waals surface area (Å²) in [6.07, 6.45) is 0. The number of rotatable bonds is 1. The first-order valence-electron chi connectivity index (χ1n) is 4.31. The minimum Gasteiger partial charge on any atom is -0.143 e. The number of halogens is 1. The van der Waals surface area contributed by atoms with Crippen molar-refractivity contribution < 1.29 is 0 Å². The van der Waals surface area contributed by atoms with Gasteiger partial charge >= 0.3 is 0 Å². The summed E-state index contributed by atoms with van der Waals surface area (Å²) in [4.78, 5) is 0.970. The van der Waals surface area contributed by atoms with Crippen molar-refractivity contribution in [1.29, 1.82) is 0 Å². The monoisotopic (exact) mass is 220 g/mol. The summed E-state index contributed by atoms with van der Waals surface area (Å²) in [6, 6.07) is 15.8. The molecular formula is C12H9ClS. The molecule has 0 nitrogen and oxygen atoms in total. The first-order chi connectivity index (χ1) is 6.75. The molecular weight excluding hydrogens is 212 g/mol. The van der Waals surface area contributed by atoms with Gasteiger partial charge in [0.1, 0.15) is 0 Å². The second-order valence-electron chi connectivity index (χ2n) is 3.06. The zero-order valence-electron chi connectivity index (χ0n) is 7.44. The van der Waals surface area contributed by atoms with Gasteiger partial charge < -0.3 is 0 Å². The van der Waals surface area contributed by atoms with Crippen LogP contribution in [0, 0.1) is 0 Å². The third kappa shape index (κ3) is 2.11. The van der Waals surface area contributed by atoms with Crippen molar-refractivity contribution in [2.75, 3.05) is 0 Å². The van der Waals surface area contributed by atoms with E-state index in [-0.39, 0.29) is 0 Å². The predicted molar refractivity (Wildman–Crippen MR) is 64.1 cm³/mol. The molecule has 2 heteroatoms. The summed E-state index contributed by atoms with van der Waals surface area (Å²) in [5, 5.41) is 0.760. The average Bonchev–Trinajstić information content (AvgIpc) is 2.19. The molecule has 2 rings (SSSR count). The maximum absolute atomic E-state index is 5.82. The summed E-state index contributed by atoms with van der Waals surface area (Å²) in [5.41, 5.74) is 2.32. The molecule has 0 saturated carbocycles. The van der Waals surface area contributed by atoms with Crippen LogP contribution in [-0.4, -0.2) is 0 Å². The van der Waals surface area contributed by atoms with E-state index in [1.54, 1.807) is 0 Å². The van der Waals surface area contributed by atoms with Gasteiger partial charge in [0.15, 0.2) is 0 Å². The molecule has 0 heterocycles. The Morgan fingerprint density at radius 3 is 2.21 bits per heavy atom. The van der Waals surface area contributed by atoms with E-state index in [9.17, 15) is 0 Å². The zero-order valence-corrected chi connectivity index (χ0v) is 9.09. The summed E-state index contributed by atoms with van der Waals surface area (Å²) in [6.45, 7) is 0. The molecule has 14 heavy (non-hydrogen) atoms. The standard InChI is InChI=1S/C12H9ClS/c13-11-6-4-9(5-7-11)10-2-1-3-12(14)8-10/h1-8,14H. The molecule has 0 amide bonds. The highest BCUT2D eigenvalue weighted by Gasteiger charge is 1.97. The Bertz CT molecular complexity index is 434. The molecule has 2 aromatic carbocycles. The fourth-order valence-corrected chi connectivity index (χ4v) is 1.68. The van der Waals surface area contributed by atoms with Gasteiger partial charge in [-0.15, -0.1) is 12.6 Å². The van der Waals surface area contributed by atoms with Crippen LogP contribution in [0.2, 0.25) is 5.02 Å². The van der Waals surface area contributed by atoms with Crippen molar-refractivity contribution in [3.63, 3.8) is 0 Å². The van der Waals surface area contributed by atoms with Crippen LogP contribution in [0.1, 0.15) is 0 Å². The predicted octanol–water partition coefficient (Wildman–Crippen LogP) is 4.30. The van der Waals surface area contributed by atoms with Gasteiger partial charge in [-0.2, -0.15) is 0 Å². The van der Waals surface area contributed by atoms with Crippen molar-refractivity contribution in [2.24, 2.45) is 0 Å². The first-order valence-corrected chi connectivity index (χ1v) is 5.13. The molecule has 0 spiro atoms. The van der Waals surface area contributed by atoms with E-state index in [0.717, 1.165) is 21.0 Å². The van der Waals surface area contributed by atoms with Crippen molar-refractivity contribution in [3.05, 3.63) is 53.6 Å². The van der Waals surface area contributed by atoms with Crippen LogP contribution in [0.4, 0.5) is 0 Å². The minimum absolute atomic E-state index is 0.760. The highest BCUT2D eigenvalue weighted by atomic mass is 35.5. The summed E-state index contributed by atoms with van der Waals surface area (Å²) < 4.78 is 0. The van der Waals surface area contributed by atoms with E-state index in [2.05, 4.69) is 18.7 Å². The average molecular weight is 221 g/mol. The van der Waals surface area contributed by atoms with Gasteiger partial charge in [0.25, 0.3) is 0 Å². The van der Waals surface area contributed by atoms with E-state index in [4.69, 9.17) is 11.6 Å². The fraction of sp³-hybridized carbons (Fsp3) is 0. The lowest BCUT2D eigenvalue weighted by atomic mass is 10.1. The van der Waals surface area contributed by atoms with Crippen LogP contribution in [-0.2, 0) is 0 Å². The normalized spacial score (nSPS) is 10.1. The van der Waals surface area contributed by atoms with Crippen LogP contribution in [0.25, 0.3) is 11.1 Å². The van der Waals surface area contributed by atoms with Crippen LogP contribution < -0.4 is 0 Å². The second-order valence-corrected chi connectivity index (χ2v) is 4.01. The molecule has 0 saturated heterocycles. The second kappa shape index (κ2) is 4.07. The third-order valence-electron chi connectivity index (χ3n) is 2.02. The molecule has 0 radical (unpaired) electrons. The summed E-state index contributed by atoms with van der Waals surface area (Å²) in [5.74, 6) is 0. The Hall–Kier alpha value is -0.920. The van der Waals surface area contributed by atoms with Gasteiger partial charge in [-0.05, 0) is 35.4 Å². The van der Waals surface area contributed by atoms with Gasteiger partial charge in [-0.1, -0.05) is 35.9 Å². The van der Waals surface area contributed by atoms with Crippen LogP contribution in [0.5, 0.6) is 0 Å². The molecule has 0 unspecified atom stereocenters. The van der Waals surface area contributed by atoms with Gasteiger partial charge in [0, 0.05) is 9.92 Å². The van der Waals surface area contributed by atoms with Gasteiger partial charge in [-0.25, -0.2) is 0 Å². The Morgan fingerprint density at radius 2 is 1.57 bits per heavy atom. The van der Waals surface area contributed by atoms with Crippen molar-refractivity contribution in [2.45, 2.75) is 4.90 Å². The Labute approximate surface area is 93.9 Å². The molecule has 70 valence electrons. The molecule has 0 fully saturated rings. The molecule has 0 aliphatic rings. The van der Waals surface area contributed by atoms with Gasteiger partial charge in [0.2, 0.25) is 0 Å². The molecule has 0 N–H and O–H groups in total.